The van der Waals surface area contributed by atoms with Crippen LogP contribution in [-0.4, -0.2) is 39.8 Å². The molecule has 1 saturated heterocycles. The molecule has 4 rings (SSSR count). The van der Waals surface area contributed by atoms with E-state index >= 15 is 0 Å². The molecular formula is C24H24FN5OS. The van der Waals surface area contributed by atoms with Crippen molar-refractivity contribution in [2.45, 2.75) is 25.8 Å². The van der Waals surface area contributed by atoms with Crippen LogP contribution < -0.4 is 5.32 Å². The smallest absolute Gasteiger partial charge is 0.290 e. The molecule has 2 aromatic carbocycles. The van der Waals surface area contributed by atoms with E-state index in [1.807, 2.05) is 24.3 Å². The first-order valence-corrected chi connectivity index (χ1v) is 11.5. The molecule has 0 radical (unpaired) electrons. The van der Waals surface area contributed by atoms with E-state index < -0.39 is 0 Å². The Morgan fingerprint density at radius 3 is 2.56 bits per heavy atom. The van der Waals surface area contributed by atoms with Crippen molar-refractivity contribution in [2.24, 2.45) is 5.92 Å². The number of aromatic nitrogens is 2. The van der Waals surface area contributed by atoms with Gasteiger partial charge in [-0.25, -0.2) is 9.37 Å². The van der Waals surface area contributed by atoms with Crippen molar-refractivity contribution in [2.75, 3.05) is 19.6 Å². The molecule has 6 nitrogen and oxygen atoms in total. The predicted molar refractivity (Wildman–Crippen MR) is 121 cm³/mol. The van der Waals surface area contributed by atoms with E-state index in [0.717, 1.165) is 50.0 Å². The maximum absolute atomic E-state index is 13.0. The first kappa shape index (κ1) is 22.1. The van der Waals surface area contributed by atoms with Crippen LogP contribution in [-0.2, 0) is 6.54 Å². The molecule has 0 saturated carbocycles. The number of carbonyl (C=O) groups excluding carboxylic acids is 1. The zero-order chi connectivity index (χ0) is 22.3. The maximum atomic E-state index is 13.0. The molecule has 0 atom stereocenters. The summed E-state index contributed by atoms with van der Waals surface area (Å²) in [6, 6.07) is 15.9. The van der Waals surface area contributed by atoms with Gasteiger partial charge >= 0.3 is 0 Å². The SMILES string of the molecule is N#Cc1ccc(-c2nc(C(=O)NCCC3CCN(Cc4ccc(F)cc4)CC3)ns2)cc1. The molecule has 3 aromatic rings. The molecular weight excluding hydrogens is 425 g/mol. The van der Waals surface area contributed by atoms with Gasteiger partial charge in [0.1, 0.15) is 10.8 Å². The average Bonchev–Trinajstić information content (AvgIpc) is 3.32. The standard InChI is InChI=1S/C24H24FN5OS/c25-21-7-3-19(4-8-21)16-30-13-10-17(11-14-30)9-12-27-23(31)22-28-24(32-29-22)20-5-1-18(15-26)2-6-20/h1-8,17H,9-14,16H2,(H,27,31). The van der Waals surface area contributed by atoms with Gasteiger partial charge in [-0.1, -0.05) is 24.3 Å². The van der Waals surface area contributed by atoms with Crippen LogP contribution in [0.3, 0.4) is 0 Å². The number of hydrogen-bond donors (Lipinski definition) is 1. The summed E-state index contributed by atoms with van der Waals surface area (Å²) < 4.78 is 17.2. The van der Waals surface area contributed by atoms with Crippen LogP contribution in [0.25, 0.3) is 10.6 Å². The normalized spacial score (nSPS) is 14.8. The number of likely N-dealkylation sites (tertiary alicyclic amines) is 1. The third kappa shape index (κ3) is 5.75. The van der Waals surface area contributed by atoms with Crippen molar-refractivity contribution in [1.82, 2.24) is 19.6 Å². The number of hydrogen-bond acceptors (Lipinski definition) is 6. The zero-order valence-electron chi connectivity index (χ0n) is 17.6. The summed E-state index contributed by atoms with van der Waals surface area (Å²) in [7, 11) is 0. The van der Waals surface area contributed by atoms with E-state index in [1.54, 1.807) is 12.1 Å². The van der Waals surface area contributed by atoms with Gasteiger partial charge in [-0.15, -0.1) is 0 Å². The van der Waals surface area contributed by atoms with Crippen LogP contribution in [0, 0.1) is 23.1 Å². The third-order valence-corrected chi connectivity index (χ3v) is 6.52. The fraction of sp³-hybridized carbons (Fsp3) is 0.333. The molecule has 1 amide bonds. The molecule has 164 valence electrons. The number of halogens is 1. The highest BCUT2D eigenvalue weighted by atomic mass is 32.1. The first-order chi connectivity index (χ1) is 15.6. The number of nitriles is 1. The Morgan fingerprint density at radius 2 is 1.88 bits per heavy atom. The van der Waals surface area contributed by atoms with E-state index in [0.29, 0.717) is 23.0 Å². The average molecular weight is 450 g/mol. The number of nitrogens with one attached hydrogen (secondary N) is 1. The van der Waals surface area contributed by atoms with E-state index in [4.69, 9.17) is 5.26 Å². The molecule has 1 aliphatic heterocycles. The van der Waals surface area contributed by atoms with Crippen molar-refractivity contribution in [3.8, 4) is 16.6 Å². The molecule has 32 heavy (non-hydrogen) atoms. The van der Waals surface area contributed by atoms with Crippen LogP contribution in [0.4, 0.5) is 4.39 Å². The summed E-state index contributed by atoms with van der Waals surface area (Å²) in [5.41, 5.74) is 2.55. The highest BCUT2D eigenvalue weighted by Crippen LogP contribution is 2.23. The first-order valence-electron chi connectivity index (χ1n) is 10.7. The summed E-state index contributed by atoms with van der Waals surface area (Å²) in [4.78, 5) is 19.1. The largest absolute Gasteiger partial charge is 0.349 e. The minimum absolute atomic E-state index is 0.184. The molecule has 0 unspecified atom stereocenters. The van der Waals surface area contributed by atoms with Gasteiger partial charge < -0.3 is 5.32 Å². The van der Waals surface area contributed by atoms with Crippen molar-refractivity contribution >= 4 is 17.4 Å². The Balaban J connectivity index is 1.19. The van der Waals surface area contributed by atoms with Crippen molar-refractivity contribution in [3.05, 3.63) is 71.3 Å². The van der Waals surface area contributed by atoms with E-state index in [-0.39, 0.29) is 17.5 Å². The van der Waals surface area contributed by atoms with Gasteiger partial charge in [0.2, 0.25) is 5.82 Å². The molecule has 1 aliphatic rings. The van der Waals surface area contributed by atoms with Gasteiger partial charge in [-0.2, -0.15) is 9.64 Å². The van der Waals surface area contributed by atoms with Gasteiger partial charge in [0.15, 0.2) is 0 Å². The Bertz CT molecular complexity index is 1080. The molecule has 2 heterocycles. The lowest BCUT2D eigenvalue weighted by Gasteiger charge is -2.32. The lowest BCUT2D eigenvalue weighted by Crippen LogP contribution is -2.35. The molecule has 8 heteroatoms. The minimum atomic E-state index is -0.255. The van der Waals surface area contributed by atoms with Gasteiger partial charge in [0, 0.05) is 18.7 Å². The van der Waals surface area contributed by atoms with Crippen molar-refractivity contribution in [3.63, 3.8) is 0 Å². The summed E-state index contributed by atoms with van der Waals surface area (Å²) in [5, 5.41) is 12.5. The highest BCUT2D eigenvalue weighted by Gasteiger charge is 2.20. The highest BCUT2D eigenvalue weighted by molar-refractivity contribution is 7.09. The fourth-order valence-electron chi connectivity index (χ4n) is 3.87. The second kappa shape index (κ2) is 10.4. The lowest BCUT2D eigenvalue weighted by molar-refractivity contribution is 0.0938. The van der Waals surface area contributed by atoms with Gasteiger partial charge in [0.05, 0.1) is 11.6 Å². The number of piperidine rings is 1. The van der Waals surface area contributed by atoms with Gasteiger partial charge in [0.25, 0.3) is 5.91 Å². The molecule has 1 N–H and O–H groups in total. The second-order valence-corrected chi connectivity index (χ2v) is 8.75. The number of nitrogens with zero attached hydrogens (tertiary/aromatic N) is 4. The topological polar surface area (TPSA) is 81.9 Å². The minimum Gasteiger partial charge on any atom is -0.349 e. The van der Waals surface area contributed by atoms with Crippen LogP contribution in [0.5, 0.6) is 0 Å². The van der Waals surface area contributed by atoms with Crippen LogP contribution in [0.2, 0.25) is 0 Å². The van der Waals surface area contributed by atoms with Crippen LogP contribution in [0.1, 0.15) is 41.0 Å². The third-order valence-electron chi connectivity index (χ3n) is 5.75. The van der Waals surface area contributed by atoms with Crippen molar-refractivity contribution < 1.29 is 9.18 Å². The Labute approximate surface area is 190 Å². The molecule has 0 aliphatic carbocycles. The summed E-state index contributed by atoms with van der Waals surface area (Å²) in [6.45, 7) is 3.48. The number of benzene rings is 2. The van der Waals surface area contributed by atoms with E-state index in [9.17, 15) is 9.18 Å². The molecule has 1 fully saturated rings. The second-order valence-electron chi connectivity index (χ2n) is 8.00. The van der Waals surface area contributed by atoms with Crippen LogP contribution >= 0.6 is 11.5 Å². The molecule has 0 spiro atoms. The fourth-order valence-corrected chi connectivity index (χ4v) is 4.54. The van der Waals surface area contributed by atoms with E-state index in [1.165, 1.54) is 23.7 Å². The van der Waals surface area contributed by atoms with Crippen molar-refractivity contribution in [1.29, 1.82) is 5.26 Å². The molecule has 0 bridgehead atoms. The van der Waals surface area contributed by atoms with E-state index in [2.05, 4.69) is 25.6 Å². The molecule has 1 aromatic heterocycles. The number of amides is 1. The summed E-state index contributed by atoms with van der Waals surface area (Å²) in [6.07, 6.45) is 3.12. The lowest BCUT2D eigenvalue weighted by atomic mass is 9.93. The van der Waals surface area contributed by atoms with Gasteiger partial charge in [-0.3, -0.25) is 9.69 Å². The quantitative estimate of drug-likeness (QED) is 0.583. The number of carbonyl (C=O) groups is 1. The summed E-state index contributed by atoms with van der Waals surface area (Å²) >= 11 is 1.18. The monoisotopic (exact) mass is 449 g/mol. The maximum Gasteiger partial charge on any atom is 0.290 e. The predicted octanol–water partition coefficient (Wildman–Crippen LogP) is 4.25. The van der Waals surface area contributed by atoms with Crippen LogP contribution in [0.15, 0.2) is 48.5 Å². The Hall–Kier alpha value is -3.15. The Morgan fingerprint density at radius 1 is 1.16 bits per heavy atom. The number of rotatable bonds is 7. The zero-order valence-corrected chi connectivity index (χ0v) is 18.4. The van der Waals surface area contributed by atoms with Gasteiger partial charge in [-0.05, 0) is 79.6 Å². The Kier molecular flexibility index (Phi) is 7.20. The summed E-state index contributed by atoms with van der Waals surface area (Å²) in [5.74, 6) is 0.309.